The van der Waals surface area contributed by atoms with Crippen molar-refractivity contribution in [1.82, 2.24) is 10.2 Å². The highest BCUT2D eigenvalue weighted by Crippen LogP contribution is 2.20. The fraction of sp³-hybridized carbons (Fsp3) is 0.391. The summed E-state index contributed by atoms with van der Waals surface area (Å²) in [7, 11) is 0. The van der Waals surface area contributed by atoms with Crippen LogP contribution in [0.1, 0.15) is 44.7 Å². The molecule has 1 unspecified atom stereocenters. The molecule has 1 N–H and O–H groups in total. The molecular formula is C23H28Cl2N2O2. The number of amides is 2. The average Bonchev–Trinajstić information content (AvgIpc) is 2.68. The Labute approximate surface area is 183 Å². The zero-order valence-electron chi connectivity index (χ0n) is 17.1. The van der Waals surface area contributed by atoms with E-state index < -0.39 is 6.04 Å². The molecule has 0 fully saturated rings. The number of halogens is 2. The van der Waals surface area contributed by atoms with E-state index in [9.17, 15) is 9.59 Å². The molecule has 2 rings (SSSR count). The molecule has 0 spiro atoms. The van der Waals surface area contributed by atoms with Crippen LogP contribution in [-0.4, -0.2) is 28.8 Å². The SMILES string of the molecule is CCC(C(=O)NC(C)C)N(Cc1ccc(Cl)cc1)C(=O)CCc1ccccc1Cl. The molecule has 0 bridgehead atoms. The van der Waals surface area contributed by atoms with Gasteiger partial charge in [0.1, 0.15) is 6.04 Å². The number of benzene rings is 2. The van der Waals surface area contributed by atoms with Crippen LogP contribution in [0.4, 0.5) is 0 Å². The zero-order valence-corrected chi connectivity index (χ0v) is 18.6. The van der Waals surface area contributed by atoms with Gasteiger partial charge < -0.3 is 10.2 Å². The normalized spacial score (nSPS) is 11.9. The second kappa shape index (κ2) is 11.2. The van der Waals surface area contributed by atoms with E-state index in [1.807, 2.05) is 57.2 Å². The Morgan fingerprint density at radius 2 is 1.69 bits per heavy atom. The Morgan fingerprint density at radius 3 is 2.28 bits per heavy atom. The van der Waals surface area contributed by atoms with Crippen molar-refractivity contribution < 1.29 is 9.59 Å². The molecule has 0 aliphatic carbocycles. The van der Waals surface area contributed by atoms with Gasteiger partial charge in [-0.1, -0.05) is 60.5 Å². The van der Waals surface area contributed by atoms with E-state index in [2.05, 4.69) is 5.32 Å². The van der Waals surface area contributed by atoms with Crippen LogP contribution in [0.5, 0.6) is 0 Å². The van der Waals surface area contributed by atoms with Crippen molar-refractivity contribution in [2.45, 2.75) is 58.7 Å². The fourth-order valence-corrected chi connectivity index (χ4v) is 3.53. The standard InChI is InChI=1S/C23H28Cl2N2O2/c1-4-21(23(29)26-16(2)3)27(15-17-9-12-19(24)13-10-17)22(28)14-11-18-7-5-6-8-20(18)25/h5-10,12-13,16,21H,4,11,14-15H2,1-3H3,(H,26,29). The molecule has 0 aromatic heterocycles. The van der Waals surface area contributed by atoms with Crippen LogP contribution in [0.3, 0.4) is 0 Å². The number of aryl methyl sites for hydroxylation is 1. The van der Waals surface area contributed by atoms with Gasteiger partial charge >= 0.3 is 0 Å². The van der Waals surface area contributed by atoms with E-state index in [1.54, 1.807) is 17.0 Å². The number of rotatable bonds is 9. The summed E-state index contributed by atoms with van der Waals surface area (Å²) < 4.78 is 0. The summed E-state index contributed by atoms with van der Waals surface area (Å²) in [5.41, 5.74) is 1.85. The lowest BCUT2D eigenvalue weighted by Crippen LogP contribution is -2.50. The smallest absolute Gasteiger partial charge is 0.243 e. The van der Waals surface area contributed by atoms with Crippen LogP contribution >= 0.6 is 23.2 Å². The molecule has 1 atom stereocenters. The number of carbonyl (C=O) groups excluding carboxylic acids is 2. The molecule has 0 aliphatic heterocycles. The van der Waals surface area contributed by atoms with Crippen LogP contribution in [-0.2, 0) is 22.6 Å². The number of carbonyl (C=O) groups is 2. The molecule has 2 aromatic rings. The van der Waals surface area contributed by atoms with Gasteiger partial charge in [0.05, 0.1) is 0 Å². The Bertz CT molecular complexity index is 822. The van der Waals surface area contributed by atoms with Crippen LogP contribution in [0, 0.1) is 0 Å². The molecule has 6 heteroatoms. The van der Waals surface area contributed by atoms with Crippen molar-refractivity contribution in [2.24, 2.45) is 0 Å². The molecule has 2 amide bonds. The fourth-order valence-electron chi connectivity index (χ4n) is 3.17. The van der Waals surface area contributed by atoms with Gasteiger partial charge in [-0.25, -0.2) is 0 Å². The average molecular weight is 435 g/mol. The van der Waals surface area contributed by atoms with Crippen molar-refractivity contribution in [2.75, 3.05) is 0 Å². The first-order valence-electron chi connectivity index (χ1n) is 9.89. The van der Waals surface area contributed by atoms with Gasteiger partial charge in [0.2, 0.25) is 11.8 Å². The van der Waals surface area contributed by atoms with E-state index in [0.717, 1.165) is 11.1 Å². The highest BCUT2D eigenvalue weighted by molar-refractivity contribution is 6.31. The van der Waals surface area contributed by atoms with Crippen LogP contribution in [0.15, 0.2) is 48.5 Å². The van der Waals surface area contributed by atoms with E-state index in [0.29, 0.717) is 29.4 Å². The Kier molecular flexibility index (Phi) is 8.99. The third kappa shape index (κ3) is 7.06. The maximum Gasteiger partial charge on any atom is 0.243 e. The van der Waals surface area contributed by atoms with Crippen molar-refractivity contribution in [3.8, 4) is 0 Å². The second-order valence-corrected chi connectivity index (χ2v) is 8.17. The van der Waals surface area contributed by atoms with Gasteiger partial charge in [-0.2, -0.15) is 0 Å². The summed E-state index contributed by atoms with van der Waals surface area (Å²) in [5, 5.41) is 4.21. The lowest BCUT2D eigenvalue weighted by Gasteiger charge is -2.31. The molecule has 4 nitrogen and oxygen atoms in total. The van der Waals surface area contributed by atoms with Gasteiger partial charge in [0.25, 0.3) is 0 Å². The summed E-state index contributed by atoms with van der Waals surface area (Å²) in [4.78, 5) is 27.6. The molecule has 0 aliphatic rings. The summed E-state index contributed by atoms with van der Waals surface area (Å²) >= 11 is 12.2. The minimum Gasteiger partial charge on any atom is -0.352 e. The maximum absolute atomic E-state index is 13.2. The van der Waals surface area contributed by atoms with Crippen LogP contribution in [0.25, 0.3) is 0 Å². The van der Waals surface area contributed by atoms with Crippen LogP contribution < -0.4 is 5.32 Å². The van der Waals surface area contributed by atoms with Crippen molar-refractivity contribution >= 4 is 35.0 Å². The minimum atomic E-state index is -0.535. The van der Waals surface area contributed by atoms with Gasteiger partial charge in [-0.05, 0) is 56.0 Å². The first kappa shape index (κ1) is 23.2. The molecular weight excluding hydrogens is 407 g/mol. The second-order valence-electron chi connectivity index (χ2n) is 7.33. The quantitative estimate of drug-likeness (QED) is 0.584. The topological polar surface area (TPSA) is 49.4 Å². The number of nitrogens with one attached hydrogen (secondary N) is 1. The Morgan fingerprint density at radius 1 is 1.03 bits per heavy atom. The number of hydrogen-bond acceptors (Lipinski definition) is 2. The van der Waals surface area contributed by atoms with Crippen molar-refractivity contribution in [3.63, 3.8) is 0 Å². The molecule has 0 radical (unpaired) electrons. The highest BCUT2D eigenvalue weighted by Gasteiger charge is 2.28. The maximum atomic E-state index is 13.2. The minimum absolute atomic E-state index is 0.00663. The molecule has 0 saturated heterocycles. The Balaban J connectivity index is 2.21. The molecule has 0 heterocycles. The van der Waals surface area contributed by atoms with E-state index in [4.69, 9.17) is 23.2 Å². The summed E-state index contributed by atoms with van der Waals surface area (Å²) in [6.45, 7) is 6.09. The van der Waals surface area contributed by atoms with Gasteiger partial charge in [-0.3, -0.25) is 9.59 Å². The third-order valence-corrected chi connectivity index (χ3v) is 5.27. The zero-order chi connectivity index (χ0) is 21.4. The van der Waals surface area contributed by atoms with Crippen molar-refractivity contribution in [1.29, 1.82) is 0 Å². The third-order valence-electron chi connectivity index (χ3n) is 4.65. The highest BCUT2D eigenvalue weighted by atomic mass is 35.5. The first-order chi connectivity index (χ1) is 13.8. The monoisotopic (exact) mass is 434 g/mol. The van der Waals surface area contributed by atoms with Gasteiger partial charge in [0, 0.05) is 29.1 Å². The van der Waals surface area contributed by atoms with Gasteiger partial charge in [0.15, 0.2) is 0 Å². The predicted molar refractivity (Wildman–Crippen MR) is 119 cm³/mol. The molecule has 29 heavy (non-hydrogen) atoms. The van der Waals surface area contributed by atoms with E-state index >= 15 is 0 Å². The summed E-state index contributed by atoms with van der Waals surface area (Å²) in [5.74, 6) is -0.215. The number of nitrogens with zero attached hydrogens (tertiary/aromatic N) is 1. The molecule has 0 saturated carbocycles. The van der Waals surface area contributed by atoms with Crippen LogP contribution in [0.2, 0.25) is 10.0 Å². The first-order valence-corrected chi connectivity index (χ1v) is 10.6. The molecule has 156 valence electrons. The van der Waals surface area contributed by atoms with Crippen molar-refractivity contribution in [3.05, 3.63) is 69.7 Å². The lowest BCUT2D eigenvalue weighted by molar-refractivity contribution is -0.141. The number of hydrogen-bond donors (Lipinski definition) is 1. The molecule has 2 aromatic carbocycles. The largest absolute Gasteiger partial charge is 0.352 e. The Hall–Kier alpha value is -2.04. The predicted octanol–water partition coefficient (Wildman–Crippen LogP) is 5.26. The van der Waals surface area contributed by atoms with E-state index in [-0.39, 0.29) is 24.3 Å². The summed E-state index contributed by atoms with van der Waals surface area (Å²) in [6.07, 6.45) is 1.34. The van der Waals surface area contributed by atoms with E-state index in [1.165, 1.54) is 0 Å². The summed E-state index contributed by atoms with van der Waals surface area (Å²) in [6, 6.07) is 14.3. The lowest BCUT2D eigenvalue weighted by atomic mass is 10.1. The van der Waals surface area contributed by atoms with Gasteiger partial charge in [-0.15, -0.1) is 0 Å².